The molecule has 4 heteroatoms. The molecule has 1 aromatic rings. The van der Waals surface area contributed by atoms with E-state index in [-0.39, 0.29) is 18.0 Å². The number of furan rings is 1. The van der Waals surface area contributed by atoms with Gasteiger partial charge >= 0.3 is 0 Å². The van der Waals surface area contributed by atoms with Crippen molar-refractivity contribution in [3.05, 3.63) is 24.2 Å². The Morgan fingerprint density at radius 2 is 2.33 bits per heavy atom. The maximum atomic E-state index is 11.4. The molecule has 15 heavy (non-hydrogen) atoms. The third-order valence-electron chi connectivity index (χ3n) is 2.17. The zero-order valence-corrected chi connectivity index (χ0v) is 9.19. The highest BCUT2D eigenvalue weighted by molar-refractivity contribution is 5.76. The molecule has 1 rings (SSSR count). The summed E-state index contributed by atoms with van der Waals surface area (Å²) < 4.78 is 5.18. The number of nitrogens with one attached hydrogen (secondary N) is 1. The molecular weight excluding hydrogens is 192 g/mol. The second kappa shape index (κ2) is 5.56. The van der Waals surface area contributed by atoms with E-state index < -0.39 is 0 Å². The van der Waals surface area contributed by atoms with Crippen LogP contribution in [-0.4, -0.2) is 11.9 Å². The molecule has 4 nitrogen and oxygen atoms in total. The SMILES string of the molecule is CC(N)CCC(=O)N[C@@H](C)c1ccco1. The Kier molecular flexibility index (Phi) is 4.37. The molecule has 0 radical (unpaired) electrons. The number of carbonyl (C=O) groups excluding carboxylic acids is 1. The van der Waals surface area contributed by atoms with E-state index in [9.17, 15) is 4.79 Å². The Morgan fingerprint density at radius 1 is 1.60 bits per heavy atom. The molecule has 0 spiro atoms. The molecule has 84 valence electrons. The Bertz CT molecular complexity index is 294. The van der Waals surface area contributed by atoms with Crippen molar-refractivity contribution >= 4 is 5.91 Å². The van der Waals surface area contributed by atoms with Crippen molar-refractivity contribution < 1.29 is 9.21 Å². The summed E-state index contributed by atoms with van der Waals surface area (Å²) in [5.74, 6) is 0.778. The minimum atomic E-state index is -0.0828. The first-order chi connectivity index (χ1) is 7.09. The summed E-state index contributed by atoms with van der Waals surface area (Å²) in [5.41, 5.74) is 5.57. The van der Waals surface area contributed by atoms with E-state index in [1.165, 1.54) is 0 Å². The van der Waals surface area contributed by atoms with Crippen LogP contribution < -0.4 is 11.1 Å². The maximum absolute atomic E-state index is 11.4. The van der Waals surface area contributed by atoms with Crippen LogP contribution in [0.2, 0.25) is 0 Å². The average Bonchev–Trinajstić information content (AvgIpc) is 2.67. The van der Waals surface area contributed by atoms with E-state index in [4.69, 9.17) is 10.2 Å². The van der Waals surface area contributed by atoms with Crippen molar-refractivity contribution in [3.63, 3.8) is 0 Å². The molecule has 0 bridgehead atoms. The zero-order chi connectivity index (χ0) is 11.3. The topological polar surface area (TPSA) is 68.3 Å². The first-order valence-corrected chi connectivity index (χ1v) is 5.18. The molecule has 1 unspecified atom stereocenters. The molecule has 0 aromatic carbocycles. The largest absolute Gasteiger partial charge is 0.467 e. The molecule has 1 aromatic heterocycles. The van der Waals surface area contributed by atoms with E-state index >= 15 is 0 Å². The highest BCUT2D eigenvalue weighted by atomic mass is 16.3. The lowest BCUT2D eigenvalue weighted by Gasteiger charge is -2.11. The molecule has 0 fully saturated rings. The fourth-order valence-corrected chi connectivity index (χ4v) is 1.28. The van der Waals surface area contributed by atoms with Crippen molar-refractivity contribution in [2.45, 2.75) is 38.8 Å². The molecule has 0 saturated heterocycles. The van der Waals surface area contributed by atoms with Gasteiger partial charge in [0, 0.05) is 12.5 Å². The minimum absolute atomic E-state index is 0.0104. The molecule has 2 atom stereocenters. The van der Waals surface area contributed by atoms with Gasteiger partial charge in [-0.25, -0.2) is 0 Å². The third kappa shape index (κ3) is 4.16. The van der Waals surface area contributed by atoms with Gasteiger partial charge in [0.1, 0.15) is 5.76 Å². The minimum Gasteiger partial charge on any atom is -0.467 e. The van der Waals surface area contributed by atoms with Gasteiger partial charge in [0.2, 0.25) is 5.91 Å². The van der Waals surface area contributed by atoms with E-state index in [1.54, 1.807) is 12.3 Å². The van der Waals surface area contributed by atoms with Crippen molar-refractivity contribution in [3.8, 4) is 0 Å². The van der Waals surface area contributed by atoms with Crippen LogP contribution in [-0.2, 0) is 4.79 Å². The van der Waals surface area contributed by atoms with Gasteiger partial charge in [-0.1, -0.05) is 0 Å². The van der Waals surface area contributed by atoms with Gasteiger partial charge in [0.25, 0.3) is 0 Å². The predicted octanol–water partition coefficient (Wildman–Crippen LogP) is 1.58. The van der Waals surface area contributed by atoms with E-state index in [1.807, 2.05) is 19.9 Å². The second-order valence-electron chi connectivity index (χ2n) is 3.82. The molecule has 0 saturated carbocycles. The van der Waals surface area contributed by atoms with Crippen molar-refractivity contribution in [1.82, 2.24) is 5.32 Å². The fraction of sp³-hybridized carbons (Fsp3) is 0.545. The van der Waals surface area contributed by atoms with E-state index in [2.05, 4.69) is 5.32 Å². The van der Waals surface area contributed by atoms with Gasteiger partial charge in [0.05, 0.1) is 12.3 Å². The zero-order valence-electron chi connectivity index (χ0n) is 9.19. The van der Waals surface area contributed by atoms with Crippen LogP contribution in [0.1, 0.15) is 38.5 Å². The molecule has 3 N–H and O–H groups in total. The fourth-order valence-electron chi connectivity index (χ4n) is 1.28. The number of rotatable bonds is 5. The van der Waals surface area contributed by atoms with Crippen molar-refractivity contribution in [2.24, 2.45) is 5.73 Å². The van der Waals surface area contributed by atoms with Crippen LogP contribution in [0.25, 0.3) is 0 Å². The number of hydrogen-bond donors (Lipinski definition) is 2. The lowest BCUT2D eigenvalue weighted by atomic mass is 10.2. The summed E-state index contributed by atoms with van der Waals surface area (Å²) in [4.78, 5) is 11.4. The van der Waals surface area contributed by atoms with Gasteiger partial charge in [-0.2, -0.15) is 0 Å². The highest BCUT2D eigenvalue weighted by Gasteiger charge is 2.11. The number of carbonyl (C=O) groups is 1. The molecule has 0 aliphatic heterocycles. The summed E-state index contributed by atoms with van der Waals surface area (Å²) >= 11 is 0. The lowest BCUT2D eigenvalue weighted by molar-refractivity contribution is -0.122. The van der Waals surface area contributed by atoms with Crippen LogP contribution in [0.4, 0.5) is 0 Å². The number of hydrogen-bond acceptors (Lipinski definition) is 3. The van der Waals surface area contributed by atoms with Crippen molar-refractivity contribution in [2.75, 3.05) is 0 Å². The Labute approximate surface area is 89.8 Å². The second-order valence-corrected chi connectivity index (χ2v) is 3.82. The van der Waals surface area contributed by atoms with E-state index in [0.717, 1.165) is 5.76 Å². The van der Waals surface area contributed by atoms with Gasteiger partial charge in [-0.05, 0) is 32.4 Å². The smallest absolute Gasteiger partial charge is 0.220 e. The summed E-state index contributed by atoms with van der Waals surface area (Å²) in [5, 5.41) is 2.85. The van der Waals surface area contributed by atoms with Crippen LogP contribution in [0.3, 0.4) is 0 Å². The van der Waals surface area contributed by atoms with Gasteiger partial charge in [0.15, 0.2) is 0 Å². The normalized spacial score (nSPS) is 14.6. The monoisotopic (exact) mass is 210 g/mol. The Hall–Kier alpha value is -1.29. The lowest BCUT2D eigenvalue weighted by Crippen LogP contribution is -2.28. The van der Waals surface area contributed by atoms with E-state index in [0.29, 0.717) is 12.8 Å². The average molecular weight is 210 g/mol. The Balaban J connectivity index is 2.32. The quantitative estimate of drug-likeness (QED) is 0.775. The molecule has 1 heterocycles. The Morgan fingerprint density at radius 3 is 2.87 bits per heavy atom. The molecule has 0 aliphatic carbocycles. The highest BCUT2D eigenvalue weighted by Crippen LogP contribution is 2.12. The van der Waals surface area contributed by atoms with Crippen LogP contribution in [0.15, 0.2) is 22.8 Å². The van der Waals surface area contributed by atoms with Crippen LogP contribution >= 0.6 is 0 Å². The first kappa shape index (κ1) is 11.8. The summed E-state index contributed by atoms with van der Waals surface area (Å²) in [6, 6.07) is 3.63. The van der Waals surface area contributed by atoms with Crippen LogP contribution in [0, 0.1) is 0 Å². The van der Waals surface area contributed by atoms with Crippen molar-refractivity contribution in [1.29, 1.82) is 0 Å². The third-order valence-corrected chi connectivity index (χ3v) is 2.17. The summed E-state index contributed by atoms with van der Waals surface area (Å²) in [6.45, 7) is 3.78. The first-order valence-electron chi connectivity index (χ1n) is 5.18. The molecule has 1 amide bonds. The predicted molar refractivity (Wildman–Crippen MR) is 58.1 cm³/mol. The summed E-state index contributed by atoms with van der Waals surface area (Å²) in [6.07, 6.45) is 2.76. The van der Waals surface area contributed by atoms with Gasteiger partial charge in [-0.3, -0.25) is 4.79 Å². The van der Waals surface area contributed by atoms with Gasteiger partial charge in [-0.15, -0.1) is 0 Å². The number of nitrogens with two attached hydrogens (primary N) is 1. The molecule has 0 aliphatic rings. The molecular formula is C11H18N2O2. The van der Waals surface area contributed by atoms with Crippen LogP contribution in [0.5, 0.6) is 0 Å². The number of amides is 1. The van der Waals surface area contributed by atoms with Gasteiger partial charge < -0.3 is 15.5 Å². The summed E-state index contributed by atoms with van der Waals surface area (Å²) in [7, 11) is 0. The standard InChI is InChI=1S/C11H18N2O2/c1-8(12)5-6-11(14)13-9(2)10-4-3-7-15-10/h3-4,7-9H,5-6,12H2,1-2H3,(H,13,14)/t8?,9-/m0/s1. The maximum Gasteiger partial charge on any atom is 0.220 e.